The molecule has 82 valence electrons. The number of nitrogens with zero attached hydrogens (tertiary/aromatic N) is 2. The van der Waals surface area contributed by atoms with Crippen LogP contribution in [0.4, 0.5) is 0 Å². The first-order valence-electron chi connectivity index (χ1n) is 5.34. The van der Waals surface area contributed by atoms with Gasteiger partial charge in [-0.3, -0.25) is 0 Å². The molecule has 1 aliphatic heterocycles. The number of hydrogen-bond acceptors (Lipinski definition) is 2. The van der Waals surface area contributed by atoms with Crippen LogP contribution in [0.5, 0.6) is 0 Å². The molecule has 0 amide bonds. The fourth-order valence-electron chi connectivity index (χ4n) is 2.34. The molecule has 0 bridgehead atoms. The van der Waals surface area contributed by atoms with Gasteiger partial charge < -0.3 is 0 Å². The van der Waals surface area contributed by atoms with E-state index >= 15 is 0 Å². The van der Waals surface area contributed by atoms with Gasteiger partial charge in [0.05, 0.1) is 0 Å². The fraction of sp³-hybridized carbons (Fsp3) is 1.00. The Bertz CT molecular complexity index is 205. The van der Waals surface area contributed by atoms with Crippen molar-refractivity contribution in [2.45, 2.75) is 65.7 Å². The molecule has 0 aliphatic carbocycles. The summed E-state index contributed by atoms with van der Waals surface area (Å²) in [5.41, 5.74) is 0.834. The van der Waals surface area contributed by atoms with E-state index in [0.29, 0.717) is 11.1 Å². The average Bonchev–Trinajstić information content (AvgIpc) is 1.77. The molecule has 0 unspecified atom stereocenters. The van der Waals surface area contributed by atoms with Gasteiger partial charge in [-0.1, -0.05) is 0 Å². The van der Waals surface area contributed by atoms with E-state index in [1.807, 2.05) is 0 Å². The van der Waals surface area contributed by atoms with E-state index in [1.54, 1.807) is 0 Å². The van der Waals surface area contributed by atoms with Gasteiger partial charge in [0.25, 0.3) is 0 Å². The Morgan fingerprint density at radius 1 is 0.786 bits per heavy atom. The SMILES string of the molecule is CC(C)(C)[N]1[Pb][N](C(C)(C)C)[Si]1(C)C. The zero-order chi connectivity index (χ0) is 11.4. The summed E-state index contributed by atoms with van der Waals surface area (Å²) < 4.78 is 5.76. The van der Waals surface area contributed by atoms with Crippen LogP contribution in [0.1, 0.15) is 41.5 Å². The summed E-state index contributed by atoms with van der Waals surface area (Å²) in [4.78, 5) is 0. The van der Waals surface area contributed by atoms with Crippen molar-refractivity contribution in [3.8, 4) is 0 Å². The van der Waals surface area contributed by atoms with Crippen molar-refractivity contribution in [1.82, 2.24) is 4.75 Å². The summed E-state index contributed by atoms with van der Waals surface area (Å²) in [5.74, 6) is 0. The van der Waals surface area contributed by atoms with Gasteiger partial charge in [0.1, 0.15) is 0 Å². The third-order valence-corrected chi connectivity index (χ3v) is 27.5. The molecule has 14 heavy (non-hydrogen) atoms. The van der Waals surface area contributed by atoms with E-state index in [4.69, 9.17) is 0 Å². The zero-order valence-electron chi connectivity index (χ0n) is 10.9. The maximum atomic E-state index is 2.88. The third-order valence-electron chi connectivity index (χ3n) is 2.64. The van der Waals surface area contributed by atoms with E-state index in [1.165, 1.54) is 0 Å². The van der Waals surface area contributed by atoms with Crippen LogP contribution in [-0.2, 0) is 0 Å². The first-order valence-corrected chi connectivity index (χ1v) is 11.7. The van der Waals surface area contributed by atoms with Crippen LogP contribution in [0.15, 0.2) is 0 Å². The fourth-order valence-corrected chi connectivity index (χ4v) is 17.1. The Morgan fingerprint density at radius 3 is 1.21 bits per heavy atom. The summed E-state index contributed by atoms with van der Waals surface area (Å²) in [7, 11) is -1.23. The van der Waals surface area contributed by atoms with Crippen molar-refractivity contribution < 1.29 is 0 Å². The van der Waals surface area contributed by atoms with Crippen molar-refractivity contribution in [3.63, 3.8) is 0 Å². The third kappa shape index (κ3) is 2.25. The molecular formula is C10H24N2PbSi. The Labute approximate surface area is 103 Å². The molecule has 1 saturated heterocycles. The van der Waals surface area contributed by atoms with Crippen LogP contribution in [0.25, 0.3) is 0 Å². The molecule has 1 aliphatic rings. The van der Waals surface area contributed by atoms with E-state index in [-0.39, 0.29) is 0 Å². The monoisotopic (exact) mass is 408 g/mol. The second-order valence-corrected chi connectivity index (χ2v) is 18.2. The minimum absolute atomic E-state index is 0.417. The molecule has 4 heteroatoms. The summed E-state index contributed by atoms with van der Waals surface area (Å²) in [6.45, 7) is 19.2. The molecule has 0 N–H and O–H groups in total. The van der Waals surface area contributed by atoms with Crippen molar-refractivity contribution in [1.29, 1.82) is 0 Å². The van der Waals surface area contributed by atoms with Crippen molar-refractivity contribution in [2.75, 3.05) is 0 Å². The Balaban J connectivity index is 2.79. The molecule has 0 aromatic heterocycles. The van der Waals surface area contributed by atoms with Gasteiger partial charge in [-0.25, -0.2) is 0 Å². The van der Waals surface area contributed by atoms with Gasteiger partial charge >= 0.3 is 104 Å². The summed E-state index contributed by atoms with van der Waals surface area (Å²) in [6, 6.07) is 0. The van der Waals surface area contributed by atoms with E-state index in [9.17, 15) is 0 Å². The standard InChI is InChI=1S/C10H24N2Si.Pb/c1-9(2,3)11-13(7,8)12-10(4,5)6;/h1-8H3;/q-2;+2. The molecule has 1 heterocycles. The maximum absolute atomic E-state index is 2.88. The van der Waals surface area contributed by atoms with Crippen LogP contribution < -0.4 is 0 Å². The average molecular weight is 408 g/mol. The van der Waals surface area contributed by atoms with Crippen LogP contribution in [0.3, 0.4) is 0 Å². The molecule has 1 rings (SSSR count). The molecule has 0 atom stereocenters. The molecule has 0 aromatic carbocycles. The predicted octanol–water partition coefficient (Wildman–Crippen LogP) is 2.44. The van der Waals surface area contributed by atoms with Crippen LogP contribution in [0, 0.1) is 0 Å². The zero-order valence-corrected chi connectivity index (χ0v) is 15.8. The van der Waals surface area contributed by atoms with Gasteiger partial charge in [-0.15, -0.1) is 0 Å². The number of rotatable bonds is 0. The molecule has 0 aromatic rings. The summed E-state index contributed by atoms with van der Waals surface area (Å²) >= 11 is -0.670. The van der Waals surface area contributed by atoms with E-state index < -0.39 is 33.2 Å². The van der Waals surface area contributed by atoms with Crippen LogP contribution in [-0.4, -0.2) is 49.1 Å². The second kappa shape index (κ2) is 3.53. The first kappa shape index (κ1) is 13.1. The Hall–Kier alpha value is 1.06. The molecule has 2 radical (unpaired) electrons. The van der Waals surface area contributed by atoms with Gasteiger partial charge in [0, 0.05) is 0 Å². The van der Waals surface area contributed by atoms with Gasteiger partial charge in [-0.05, 0) is 0 Å². The summed E-state index contributed by atoms with van der Waals surface area (Å²) in [5, 5.41) is 0. The van der Waals surface area contributed by atoms with Crippen molar-refractivity contribution in [3.05, 3.63) is 0 Å². The van der Waals surface area contributed by atoms with Gasteiger partial charge in [0.2, 0.25) is 0 Å². The van der Waals surface area contributed by atoms with Crippen molar-refractivity contribution >= 4 is 33.2 Å². The normalized spacial score (nSPS) is 24.9. The molecule has 0 saturated carbocycles. The molecule has 1 fully saturated rings. The van der Waals surface area contributed by atoms with Crippen LogP contribution in [0.2, 0.25) is 13.1 Å². The van der Waals surface area contributed by atoms with E-state index in [0.717, 1.165) is 0 Å². The predicted molar refractivity (Wildman–Crippen MR) is 66.4 cm³/mol. The first-order chi connectivity index (χ1) is 5.97. The Morgan fingerprint density at radius 2 is 1.07 bits per heavy atom. The topological polar surface area (TPSA) is 6.48 Å². The molecule has 0 spiro atoms. The van der Waals surface area contributed by atoms with E-state index in [2.05, 4.69) is 59.4 Å². The van der Waals surface area contributed by atoms with Crippen molar-refractivity contribution in [2.24, 2.45) is 0 Å². The van der Waals surface area contributed by atoms with Crippen LogP contribution >= 0.6 is 0 Å². The van der Waals surface area contributed by atoms with Gasteiger partial charge in [-0.2, -0.15) is 0 Å². The summed E-state index contributed by atoms with van der Waals surface area (Å²) in [6.07, 6.45) is 0. The quantitative estimate of drug-likeness (QED) is 0.569. The number of hydrogen-bond donors (Lipinski definition) is 0. The Kier molecular flexibility index (Phi) is 3.31. The minimum atomic E-state index is -1.23. The molecular weight excluding hydrogens is 383 g/mol. The second-order valence-electron chi connectivity index (χ2n) is 6.61. The van der Waals surface area contributed by atoms with Gasteiger partial charge in [0.15, 0.2) is 0 Å². The molecule has 2 nitrogen and oxygen atoms in total.